The van der Waals surface area contributed by atoms with Crippen LogP contribution < -0.4 is 16.0 Å². The lowest BCUT2D eigenvalue weighted by atomic mass is 10.1. The van der Waals surface area contributed by atoms with Gasteiger partial charge in [0.05, 0.1) is 6.61 Å². The molecule has 0 aromatic heterocycles. The molecular weight excluding hydrogens is 386 g/mol. The molecule has 8 nitrogen and oxygen atoms in total. The Morgan fingerprint density at radius 3 is 2.00 bits per heavy atom. The van der Waals surface area contributed by atoms with Crippen LogP contribution in [0.2, 0.25) is 0 Å². The number of anilines is 1. The Kier molecular flexibility index (Phi) is 8.56. The first-order valence-electron chi connectivity index (χ1n) is 9.21. The number of likely N-dealkylation sites (N-methyl/N-ethyl adjacent to an activating group) is 1. The molecule has 1 atom stereocenters. The topological polar surface area (TPSA) is 128 Å². The van der Waals surface area contributed by atoms with E-state index < -0.39 is 30.2 Å². The summed E-state index contributed by atoms with van der Waals surface area (Å²) in [6, 6.07) is 12.4. The number of hydrogen-bond donors (Lipinski definition) is 5. The van der Waals surface area contributed by atoms with Crippen molar-refractivity contribution in [3.63, 3.8) is 0 Å². The van der Waals surface area contributed by atoms with Crippen LogP contribution in [0.25, 0.3) is 0 Å². The lowest BCUT2D eigenvalue weighted by Gasteiger charge is -2.15. The molecule has 0 radical (unpaired) electrons. The summed E-state index contributed by atoms with van der Waals surface area (Å²) >= 11 is 0. The van der Waals surface area contributed by atoms with Gasteiger partial charge in [0.15, 0.2) is 11.8 Å². The average molecular weight is 409 g/mol. The second-order valence-corrected chi connectivity index (χ2v) is 6.20. The van der Waals surface area contributed by atoms with Crippen LogP contribution in [0.4, 0.5) is 5.69 Å². The molecule has 0 heterocycles. The van der Waals surface area contributed by atoms with Crippen LogP contribution >= 0.6 is 0 Å². The second kappa shape index (κ2) is 11.4. The van der Waals surface area contributed by atoms with Crippen molar-refractivity contribution in [2.75, 3.05) is 32.1 Å². The number of benzene rings is 2. The number of hydrogen-bond acceptors (Lipinski definition) is 6. The molecule has 0 saturated carbocycles. The van der Waals surface area contributed by atoms with E-state index in [9.17, 15) is 14.4 Å². The Morgan fingerprint density at radius 1 is 0.933 bits per heavy atom. The molecule has 0 saturated heterocycles. The Hall–Kier alpha value is -3.67. The molecular formula is C22H23N3O5. The number of amides is 2. The number of aliphatic hydroxyl groups is 2. The first-order valence-corrected chi connectivity index (χ1v) is 9.21. The monoisotopic (exact) mass is 409 g/mol. The van der Waals surface area contributed by atoms with Gasteiger partial charge in [-0.1, -0.05) is 11.8 Å². The van der Waals surface area contributed by atoms with Crippen LogP contribution in [0.1, 0.15) is 21.5 Å². The zero-order chi connectivity index (χ0) is 21.9. The number of nitrogens with one attached hydrogen (secondary N) is 3. The molecule has 2 aromatic carbocycles. The van der Waals surface area contributed by atoms with Gasteiger partial charge in [-0.05, 0) is 48.5 Å². The molecule has 2 aromatic rings. The molecule has 2 amide bonds. The SMILES string of the molecule is CNC(=O)C(NC(=O)c1ccc(C#Cc2ccc(NCCO)cc2)cc1)C(=O)CO. The predicted molar refractivity (Wildman–Crippen MR) is 112 cm³/mol. The first-order chi connectivity index (χ1) is 14.5. The number of Topliss-reactive ketones (excluding diaryl/α,β-unsaturated/α-hetero) is 1. The van der Waals surface area contributed by atoms with Gasteiger partial charge in [0.1, 0.15) is 6.61 Å². The third-order valence-electron chi connectivity index (χ3n) is 4.09. The van der Waals surface area contributed by atoms with Gasteiger partial charge in [-0.3, -0.25) is 14.4 Å². The van der Waals surface area contributed by atoms with Gasteiger partial charge in [0.2, 0.25) is 5.91 Å². The van der Waals surface area contributed by atoms with Gasteiger partial charge in [-0.25, -0.2) is 0 Å². The molecule has 0 aliphatic heterocycles. The van der Waals surface area contributed by atoms with E-state index in [0.29, 0.717) is 12.1 Å². The maximum Gasteiger partial charge on any atom is 0.252 e. The quantitative estimate of drug-likeness (QED) is 0.306. The van der Waals surface area contributed by atoms with Crippen molar-refractivity contribution in [3.05, 3.63) is 65.2 Å². The highest BCUT2D eigenvalue weighted by Crippen LogP contribution is 2.09. The fourth-order valence-electron chi connectivity index (χ4n) is 2.46. The maximum absolute atomic E-state index is 12.3. The van der Waals surface area contributed by atoms with Crippen molar-refractivity contribution in [2.45, 2.75) is 6.04 Å². The zero-order valence-corrected chi connectivity index (χ0v) is 16.4. The summed E-state index contributed by atoms with van der Waals surface area (Å²) in [4.78, 5) is 35.7. The molecule has 5 N–H and O–H groups in total. The number of aliphatic hydroxyl groups excluding tert-OH is 2. The van der Waals surface area contributed by atoms with Crippen molar-refractivity contribution in [1.29, 1.82) is 0 Å². The van der Waals surface area contributed by atoms with Gasteiger partial charge in [-0.2, -0.15) is 0 Å². The second-order valence-electron chi connectivity index (χ2n) is 6.20. The van der Waals surface area contributed by atoms with E-state index >= 15 is 0 Å². The van der Waals surface area contributed by atoms with Crippen LogP contribution in [0.5, 0.6) is 0 Å². The van der Waals surface area contributed by atoms with Crippen LogP contribution in [0.3, 0.4) is 0 Å². The number of carbonyl (C=O) groups is 3. The number of ketones is 1. The van der Waals surface area contributed by atoms with Gasteiger partial charge in [0, 0.05) is 36.0 Å². The molecule has 2 rings (SSSR count). The summed E-state index contributed by atoms with van der Waals surface area (Å²) < 4.78 is 0. The van der Waals surface area contributed by atoms with Gasteiger partial charge in [0.25, 0.3) is 5.91 Å². The normalized spacial score (nSPS) is 10.9. The largest absolute Gasteiger partial charge is 0.395 e. The standard InChI is InChI=1S/C22H23N3O5/c1-23-22(30)20(19(28)14-27)25-21(29)17-8-4-15(5-9-17)2-3-16-6-10-18(11-7-16)24-12-13-26/h4-11,20,24,26-27H,12-14H2,1H3,(H,23,30)(H,25,29). The number of carbonyl (C=O) groups excluding carboxylic acids is 3. The minimum absolute atomic E-state index is 0.0553. The van der Waals surface area contributed by atoms with E-state index in [-0.39, 0.29) is 12.2 Å². The molecule has 0 aliphatic rings. The number of rotatable bonds is 8. The fourth-order valence-corrected chi connectivity index (χ4v) is 2.46. The summed E-state index contributed by atoms with van der Waals surface area (Å²) in [5.74, 6) is 3.88. The van der Waals surface area contributed by atoms with Crippen molar-refractivity contribution in [1.82, 2.24) is 10.6 Å². The highest BCUT2D eigenvalue weighted by atomic mass is 16.3. The summed E-state index contributed by atoms with van der Waals surface area (Å²) in [7, 11) is 1.33. The highest BCUT2D eigenvalue weighted by molar-refractivity contribution is 6.10. The van der Waals surface area contributed by atoms with Gasteiger partial charge in [-0.15, -0.1) is 0 Å². The highest BCUT2D eigenvalue weighted by Gasteiger charge is 2.27. The molecule has 1 unspecified atom stereocenters. The lowest BCUT2D eigenvalue weighted by molar-refractivity contribution is -0.132. The Morgan fingerprint density at radius 2 is 1.50 bits per heavy atom. The lowest BCUT2D eigenvalue weighted by Crippen LogP contribution is -2.51. The van der Waals surface area contributed by atoms with E-state index in [1.165, 1.54) is 19.2 Å². The summed E-state index contributed by atoms with van der Waals surface area (Å²) in [6.45, 7) is -0.325. The minimum atomic E-state index is -1.46. The van der Waals surface area contributed by atoms with E-state index in [4.69, 9.17) is 10.2 Å². The Balaban J connectivity index is 2.04. The fraction of sp³-hybridized carbons (Fsp3) is 0.227. The maximum atomic E-state index is 12.3. The van der Waals surface area contributed by atoms with Crippen molar-refractivity contribution >= 4 is 23.3 Å². The molecule has 156 valence electrons. The van der Waals surface area contributed by atoms with Crippen LogP contribution in [-0.4, -0.2) is 60.7 Å². The van der Waals surface area contributed by atoms with E-state index in [0.717, 1.165) is 11.3 Å². The van der Waals surface area contributed by atoms with Crippen LogP contribution in [0, 0.1) is 11.8 Å². The van der Waals surface area contributed by atoms with E-state index in [1.807, 2.05) is 24.3 Å². The van der Waals surface area contributed by atoms with Crippen molar-refractivity contribution < 1.29 is 24.6 Å². The molecule has 0 fully saturated rings. The smallest absolute Gasteiger partial charge is 0.252 e. The third kappa shape index (κ3) is 6.44. The van der Waals surface area contributed by atoms with E-state index in [2.05, 4.69) is 27.8 Å². The van der Waals surface area contributed by atoms with Gasteiger partial charge >= 0.3 is 0 Å². The summed E-state index contributed by atoms with van der Waals surface area (Å²) in [6.07, 6.45) is 0. The Labute approximate surface area is 174 Å². The van der Waals surface area contributed by atoms with Crippen molar-refractivity contribution in [2.24, 2.45) is 0 Å². The summed E-state index contributed by atoms with van der Waals surface area (Å²) in [5.41, 5.74) is 2.63. The summed E-state index contributed by atoms with van der Waals surface area (Å²) in [5, 5.41) is 25.4. The van der Waals surface area contributed by atoms with E-state index in [1.54, 1.807) is 12.1 Å². The predicted octanol–water partition coefficient (Wildman–Crippen LogP) is -0.104. The average Bonchev–Trinajstić information content (AvgIpc) is 2.79. The minimum Gasteiger partial charge on any atom is -0.395 e. The van der Waals surface area contributed by atoms with Gasteiger partial charge < -0.3 is 26.2 Å². The third-order valence-corrected chi connectivity index (χ3v) is 4.09. The zero-order valence-electron chi connectivity index (χ0n) is 16.4. The molecule has 30 heavy (non-hydrogen) atoms. The molecule has 0 spiro atoms. The Bertz CT molecular complexity index is 927. The molecule has 0 aliphatic carbocycles. The molecule has 8 heteroatoms. The van der Waals surface area contributed by atoms with Crippen molar-refractivity contribution in [3.8, 4) is 11.8 Å². The van der Waals surface area contributed by atoms with Crippen LogP contribution in [0.15, 0.2) is 48.5 Å². The first kappa shape index (κ1) is 22.6. The molecule has 0 bridgehead atoms. The van der Waals surface area contributed by atoms with Crippen LogP contribution in [-0.2, 0) is 9.59 Å².